The summed E-state index contributed by atoms with van der Waals surface area (Å²) in [6, 6.07) is 10.8. The summed E-state index contributed by atoms with van der Waals surface area (Å²) in [5.74, 6) is -1.06. The lowest BCUT2D eigenvalue weighted by Crippen LogP contribution is -2.10. The topological polar surface area (TPSA) is 92.3 Å². The first-order valence-corrected chi connectivity index (χ1v) is 13.6. The Bertz CT molecular complexity index is 1610. The van der Waals surface area contributed by atoms with Crippen molar-refractivity contribution in [2.75, 3.05) is 5.75 Å². The van der Waals surface area contributed by atoms with E-state index in [0.29, 0.717) is 5.52 Å². The predicted molar refractivity (Wildman–Crippen MR) is 133 cm³/mol. The number of para-hydroxylation sites is 1. The van der Waals surface area contributed by atoms with E-state index >= 15 is 0 Å². The van der Waals surface area contributed by atoms with Gasteiger partial charge in [0.1, 0.15) is 29.0 Å². The quantitative estimate of drug-likeness (QED) is 0.251. The highest BCUT2D eigenvalue weighted by atomic mass is 35.5. The van der Waals surface area contributed by atoms with Gasteiger partial charge in [-0.25, -0.2) is 17.8 Å². The molecule has 0 aliphatic heterocycles. The third kappa shape index (κ3) is 5.16. The summed E-state index contributed by atoms with van der Waals surface area (Å²) in [5.41, 5.74) is 0.674. The molecule has 1 aliphatic carbocycles. The number of hydrogen-bond donors (Lipinski definition) is 2. The highest BCUT2D eigenvalue weighted by Gasteiger charge is 2.30. The van der Waals surface area contributed by atoms with Crippen LogP contribution >= 0.6 is 23.2 Å². The zero-order valence-corrected chi connectivity index (χ0v) is 21.2. The average Bonchev–Trinajstić information content (AvgIpc) is 3.53. The van der Waals surface area contributed by atoms with E-state index in [1.54, 1.807) is 6.07 Å². The van der Waals surface area contributed by atoms with Crippen LogP contribution in [-0.2, 0) is 9.84 Å². The van der Waals surface area contributed by atoms with Gasteiger partial charge < -0.3 is 14.8 Å². The standard InChI is InChI=1S/C25H19Cl2F3N2O4S/c26-16-10-18-22(21(27)20(16)15-3-1-2-4-19(15)36-25(29)30)32-24(31-18)23(33)14-8-7-13(9-17(14)28)37(34,35)11-12-5-6-12/h1-4,7-10,12,23,25,33H,5-6,11H2,(H,31,32). The molecule has 3 aromatic carbocycles. The molecule has 1 aliphatic rings. The van der Waals surface area contributed by atoms with Crippen molar-refractivity contribution >= 4 is 44.1 Å². The van der Waals surface area contributed by atoms with E-state index in [1.165, 1.54) is 36.4 Å². The van der Waals surface area contributed by atoms with Crippen LogP contribution in [0, 0.1) is 11.7 Å². The van der Waals surface area contributed by atoms with Gasteiger partial charge in [0, 0.05) is 16.7 Å². The number of aliphatic hydroxyl groups excluding tert-OH is 1. The van der Waals surface area contributed by atoms with Crippen molar-refractivity contribution in [3.63, 3.8) is 0 Å². The molecule has 1 fully saturated rings. The van der Waals surface area contributed by atoms with E-state index in [4.69, 9.17) is 23.2 Å². The van der Waals surface area contributed by atoms with Gasteiger partial charge in [-0.3, -0.25) is 0 Å². The van der Waals surface area contributed by atoms with E-state index in [0.717, 1.165) is 18.9 Å². The van der Waals surface area contributed by atoms with E-state index in [9.17, 15) is 26.7 Å². The first-order valence-electron chi connectivity index (χ1n) is 11.2. The van der Waals surface area contributed by atoms with Crippen LogP contribution in [-0.4, -0.2) is 35.9 Å². The molecule has 1 unspecified atom stereocenters. The zero-order chi connectivity index (χ0) is 26.5. The minimum absolute atomic E-state index is 0.00417. The van der Waals surface area contributed by atoms with E-state index in [-0.39, 0.29) is 60.4 Å². The fraction of sp³-hybridized carbons (Fsp3) is 0.240. The summed E-state index contributed by atoms with van der Waals surface area (Å²) in [6.45, 7) is -3.07. The van der Waals surface area contributed by atoms with Crippen molar-refractivity contribution in [1.82, 2.24) is 9.97 Å². The number of imidazole rings is 1. The van der Waals surface area contributed by atoms with Crippen molar-refractivity contribution in [2.24, 2.45) is 5.92 Å². The monoisotopic (exact) mass is 570 g/mol. The lowest BCUT2D eigenvalue weighted by molar-refractivity contribution is -0.0494. The van der Waals surface area contributed by atoms with Gasteiger partial charge in [0.2, 0.25) is 0 Å². The van der Waals surface area contributed by atoms with Crippen LogP contribution in [0.3, 0.4) is 0 Å². The lowest BCUT2D eigenvalue weighted by atomic mass is 10.0. The molecule has 0 spiro atoms. The highest BCUT2D eigenvalue weighted by molar-refractivity contribution is 7.91. The van der Waals surface area contributed by atoms with Gasteiger partial charge in [-0.15, -0.1) is 0 Å². The second-order valence-electron chi connectivity index (χ2n) is 8.75. The van der Waals surface area contributed by atoms with Crippen LogP contribution in [0.5, 0.6) is 5.75 Å². The molecule has 0 saturated heterocycles. The molecule has 0 radical (unpaired) electrons. The molecule has 0 amide bonds. The zero-order valence-electron chi connectivity index (χ0n) is 18.9. The van der Waals surface area contributed by atoms with Gasteiger partial charge >= 0.3 is 6.61 Å². The van der Waals surface area contributed by atoms with Crippen molar-refractivity contribution in [3.8, 4) is 16.9 Å². The maximum atomic E-state index is 14.9. The van der Waals surface area contributed by atoms with Gasteiger partial charge in [-0.05, 0) is 43.0 Å². The number of ether oxygens (including phenoxy) is 1. The van der Waals surface area contributed by atoms with Crippen LogP contribution in [0.2, 0.25) is 10.0 Å². The summed E-state index contributed by atoms with van der Waals surface area (Å²) < 4.78 is 70.3. The minimum atomic E-state index is -3.63. The largest absolute Gasteiger partial charge is 0.434 e. The summed E-state index contributed by atoms with van der Waals surface area (Å²) >= 11 is 13.0. The molecule has 37 heavy (non-hydrogen) atoms. The smallest absolute Gasteiger partial charge is 0.387 e. The predicted octanol–water partition coefficient (Wildman–Crippen LogP) is 6.54. The number of rotatable bonds is 8. The van der Waals surface area contributed by atoms with Crippen molar-refractivity contribution in [1.29, 1.82) is 0 Å². The second-order valence-corrected chi connectivity index (χ2v) is 11.6. The Morgan fingerprint density at radius 2 is 1.86 bits per heavy atom. The molecule has 5 rings (SSSR count). The molecule has 6 nitrogen and oxygen atoms in total. The first kappa shape index (κ1) is 25.8. The Kier molecular flexibility index (Phi) is 6.86. The number of halogens is 5. The number of nitrogens with one attached hydrogen (secondary N) is 1. The number of sulfone groups is 1. The van der Waals surface area contributed by atoms with Crippen LogP contribution in [0.15, 0.2) is 53.4 Å². The average molecular weight is 571 g/mol. The first-order chi connectivity index (χ1) is 17.5. The summed E-state index contributed by atoms with van der Waals surface area (Å²) in [5, 5.41) is 11.0. The number of aromatic nitrogens is 2. The Hall–Kier alpha value is -2.79. The van der Waals surface area contributed by atoms with Crippen molar-refractivity contribution in [3.05, 3.63) is 75.8 Å². The molecule has 194 valence electrons. The Balaban J connectivity index is 1.52. The number of aliphatic hydroxyl groups is 1. The molecule has 12 heteroatoms. The van der Waals surface area contributed by atoms with E-state index in [1.807, 2.05) is 0 Å². The third-order valence-electron chi connectivity index (χ3n) is 6.10. The SMILES string of the molecule is O=S(=O)(CC1CC1)c1ccc(C(O)c2nc3c(Cl)c(-c4ccccc4OC(F)F)c(Cl)cc3[nH]2)c(F)c1. The van der Waals surface area contributed by atoms with Crippen molar-refractivity contribution in [2.45, 2.75) is 30.5 Å². The van der Waals surface area contributed by atoms with Crippen LogP contribution in [0.4, 0.5) is 13.2 Å². The summed E-state index contributed by atoms with van der Waals surface area (Å²) in [7, 11) is -3.63. The molecule has 0 bridgehead atoms. The molecule has 1 atom stereocenters. The number of benzene rings is 3. The van der Waals surface area contributed by atoms with Gasteiger partial charge in [0.15, 0.2) is 9.84 Å². The minimum Gasteiger partial charge on any atom is -0.434 e. The Morgan fingerprint density at radius 1 is 1.14 bits per heavy atom. The van der Waals surface area contributed by atoms with Crippen LogP contribution in [0.25, 0.3) is 22.2 Å². The molecule has 2 N–H and O–H groups in total. The molecular formula is C25H19Cl2F3N2O4S. The van der Waals surface area contributed by atoms with Gasteiger partial charge in [0.25, 0.3) is 0 Å². The maximum Gasteiger partial charge on any atom is 0.387 e. The number of hydrogen-bond acceptors (Lipinski definition) is 5. The normalized spacial score (nSPS) is 14.9. The second kappa shape index (κ2) is 9.83. The number of alkyl halides is 2. The van der Waals surface area contributed by atoms with E-state index < -0.39 is 28.4 Å². The summed E-state index contributed by atoms with van der Waals surface area (Å²) in [6.07, 6.45) is 0.0909. The fourth-order valence-corrected chi connectivity index (χ4v) is 6.52. The third-order valence-corrected chi connectivity index (χ3v) is 8.65. The van der Waals surface area contributed by atoms with Gasteiger partial charge in [-0.1, -0.05) is 47.5 Å². The van der Waals surface area contributed by atoms with Crippen LogP contribution in [0.1, 0.15) is 30.3 Å². The Labute approximate surface area is 219 Å². The molecule has 1 heterocycles. The lowest BCUT2D eigenvalue weighted by Gasteiger charge is -2.13. The number of nitrogens with zero attached hydrogens (tertiary/aromatic N) is 1. The molecule has 4 aromatic rings. The number of fused-ring (bicyclic) bond motifs is 1. The van der Waals surface area contributed by atoms with Gasteiger partial charge in [0.05, 0.1) is 26.2 Å². The van der Waals surface area contributed by atoms with Crippen LogP contribution < -0.4 is 4.74 Å². The number of H-pyrrole nitrogens is 1. The fourth-order valence-electron chi connectivity index (χ4n) is 4.11. The Morgan fingerprint density at radius 3 is 2.54 bits per heavy atom. The molecular weight excluding hydrogens is 552 g/mol. The van der Waals surface area contributed by atoms with E-state index in [2.05, 4.69) is 14.7 Å². The molecule has 1 saturated carbocycles. The van der Waals surface area contributed by atoms with Gasteiger partial charge in [-0.2, -0.15) is 8.78 Å². The maximum absolute atomic E-state index is 14.9. The number of aromatic amines is 1. The highest BCUT2D eigenvalue weighted by Crippen LogP contribution is 2.44. The summed E-state index contributed by atoms with van der Waals surface area (Å²) in [4.78, 5) is 6.99. The molecule has 1 aromatic heterocycles. The van der Waals surface area contributed by atoms with Crippen molar-refractivity contribution < 1.29 is 31.4 Å².